The maximum absolute atomic E-state index is 12.5. The number of pyridine rings is 1. The second-order valence-corrected chi connectivity index (χ2v) is 6.27. The predicted molar refractivity (Wildman–Crippen MR) is 99.4 cm³/mol. The maximum Gasteiger partial charge on any atom is 0.262 e. The molecule has 1 aromatic carbocycles. The van der Waals surface area contributed by atoms with E-state index in [1.165, 1.54) is 6.08 Å². The highest BCUT2D eigenvalue weighted by Gasteiger charge is 2.17. The average molecular weight is 400 g/mol. The number of aromatic hydroxyl groups is 1. The first-order valence-corrected chi connectivity index (χ1v) is 8.67. The summed E-state index contributed by atoms with van der Waals surface area (Å²) in [6.07, 6.45) is 3.05. The van der Waals surface area contributed by atoms with Gasteiger partial charge in [0, 0.05) is 0 Å². The monoisotopic (exact) mass is 399 g/mol. The molecule has 0 saturated carbocycles. The Morgan fingerprint density at radius 3 is 2.68 bits per heavy atom. The van der Waals surface area contributed by atoms with Gasteiger partial charge >= 0.3 is 0 Å². The summed E-state index contributed by atoms with van der Waals surface area (Å²) in [6.45, 7) is 2.02. The van der Waals surface area contributed by atoms with E-state index in [2.05, 4.69) is 26.2 Å². The Balaban J connectivity index is 2.21. The van der Waals surface area contributed by atoms with Crippen molar-refractivity contribution in [2.24, 2.45) is 0 Å². The van der Waals surface area contributed by atoms with Crippen molar-refractivity contribution in [1.82, 2.24) is 10.3 Å². The normalized spacial score (nSPS) is 12.3. The summed E-state index contributed by atoms with van der Waals surface area (Å²) in [5.74, 6) is -0.278. The summed E-state index contributed by atoms with van der Waals surface area (Å²) in [4.78, 5) is 16.7. The predicted octanol–water partition coefficient (Wildman–Crippen LogP) is 4.11. The van der Waals surface area contributed by atoms with Crippen LogP contribution in [0.15, 0.2) is 52.6 Å². The number of nitrogens with zero attached hydrogens (tertiary/aromatic N) is 2. The summed E-state index contributed by atoms with van der Waals surface area (Å²) in [6, 6.07) is 13.7. The third kappa shape index (κ3) is 5.44. The van der Waals surface area contributed by atoms with Gasteiger partial charge in [-0.05, 0) is 58.3 Å². The lowest BCUT2D eigenvalue weighted by atomic mass is 10.0. The Morgan fingerprint density at radius 1 is 1.36 bits per heavy atom. The molecular formula is C19H18BrN3O2. The first-order valence-electron chi connectivity index (χ1n) is 7.87. The molecule has 1 heterocycles. The van der Waals surface area contributed by atoms with Crippen LogP contribution in [0.1, 0.15) is 37.1 Å². The van der Waals surface area contributed by atoms with Crippen LogP contribution in [0, 0.1) is 11.3 Å². The standard InChI is InChI=1S/C19H18BrN3O2/c1-2-4-17(13-7-9-16(24)10-8-13)23-19(25)14(12-21)11-15-5-3-6-18(20)22-15/h3,5-11,17,24H,2,4H2,1H3,(H,23,25)/b14-11+. The molecule has 0 fully saturated rings. The Kier molecular flexibility index (Phi) is 6.72. The molecule has 6 heteroatoms. The number of carbonyl (C=O) groups is 1. The summed E-state index contributed by atoms with van der Waals surface area (Å²) < 4.78 is 0.631. The first-order chi connectivity index (χ1) is 12.0. The number of nitrogens with one attached hydrogen (secondary N) is 1. The molecule has 5 nitrogen and oxygen atoms in total. The molecule has 0 aliphatic rings. The van der Waals surface area contributed by atoms with Crippen molar-refractivity contribution in [3.05, 3.63) is 63.9 Å². The van der Waals surface area contributed by atoms with Crippen LogP contribution in [0.5, 0.6) is 5.75 Å². The van der Waals surface area contributed by atoms with E-state index in [0.29, 0.717) is 10.3 Å². The number of carbonyl (C=O) groups excluding carboxylic acids is 1. The second kappa shape index (κ2) is 9.00. The topological polar surface area (TPSA) is 86.0 Å². The van der Waals surface area contributed by atoms with E-state index in [-0.39, 0.29) is 17.4 Å². The van der Waals surface area contributed by atoms with Crippen molar-refractivity contribution in [2.75, 3.05) is 0 Å². The van der Waals surface area contributed by atoms with E-state index in [9.17, 15) is 15.2 Å². The average Bonchev–Trinajstić information content (AvgIpc) is 2.60. The SMILES string of the molecule is CCCC(NC(=O)/C(C#N)=C/c1cccc(Br)n1)c1ccc(O)cc1. The molecule has 2 rings (SSSR count). The van der Waals surface area contributed by atoms with Crippen LogP contribution >= 0.6 is 15.9 Å². The van der Waals surface area contributed by atoms with Gasteiger partial charge in [0.05, 0.1) is 11.7 Å². The second-order valence-electron chi connectivity index (χ2n) is 5.46. The van der Waals surface area contributed by atoms with E-state index in [1.807, 2.05) is 13.0 Å². The van der Waals surface area contributed by atoms with Gasteiger partial charge in [-0.25, -0.2) is 4.98 Å². The molecule has 0 spiro atoms. The number of aromatic nitrogens is 1. The van der Waals surface area contributed by atoms with Crippen LogP contribution in [-0.2, 0) is 4.79 Å². The summed E-state index contributed by atoms with van der Waals surface area (Å²) in [5, 5.41) is 21.6. The molecular weight excluding hydrogens is 382 g/mol. The Labute approximate surface area is 155 Å². The minimum Gasteiger partial charge on any atom is -0.508 e. The van der Waals surface area contributed by atoms with Crippen LogP contribution in [0.4, 0.5) is 0 Å². The molecule has 1 unspecified atom stereocenters. The molecule has 0 bridgehead atoms. The number of hydrogen-bond acceptors (Lipinski definition) is 4. The van der Waals surface area contributed by atoms with Gasteiger partial charge in [-0.15, -0.1) is 0 Å². The Morgan fingerprint density at radius 2 is 2.08 bits per heavy atom. The van der Waals surface area contributed by atoms with E-state index in [0.717, 1.165) is 18.4 Å². The van der Waals surface area contributed by atoms with Gasteiger partial charge in [-0.2, -0.15) is 5.26 Å². The molecule has 2 aromatic rings. The van der Waals surface area contributed by atoms with Gasteiger partial charge in [0.25, 0.3) is 5.91 Å². The number of amides is 1. The van der Waals surface area contributed by atoms with Gasteiger partial charge in [0.2, 0.25) is 0 Å². The van der Waals surface area contributed by atoms with Crippen LogP contribution < -0.4 is 5.32 Å². The van der Waals surface area contributed by atoms with Gasteiger partial charge < -0.3 is 10.4 Å². The summed E-state index contributed by atoms with van der Waals surface area (Å²) >= 11 is 3.26. The van der Waals surface area contributed by atoms with E-state index in [4.69, 9.17) is 0 Å². The third-order valence-corrected chi connectivity index (χ3v) is 4.01. The zero-order valence-electron chi connectivity index (χ0n) is 13.7. The lowest BCUT2D eigenvalue weighted by molar-refractivity contribution is -0.117. The minimum atomic E-state index is -0.448. The number of phenols is 1. The molecule has 1 aromatic heterocycles. The highest BCUT2D eigenvalue weighted by molar-refractivity contribution is 9.10. The Hall–Kier alpha value is -2.65. The van der Waals surface area contributed by atoms with Crippen LogP contribution in [0.3, 0.4) is 0 Å². The third-order valence-electron chi connectivity index (χ3n) is 3.57. The van der Waals surface area contributed by atoms with Crippen molar-refractivity contribution in [3.8, 4) is 11.8 Å². The van der Waals surface area contributed by atoms with Crippen LogP contribution in [0.2, 0.25) is 0 Å². The van der Waals surface area contributed by atoms with Crippen molar-refractivity contribution in [1.29, 1.82) is 5.26 Å². The van der Waals surface area contributed by atoms with Crippen molar-refractivity contribution in [2.45, 2.75) is 25.8 Å². The van der Waals surface area contributed by atoms with Gasteiger partial charge in [-0.3, -0.25) is 4.79 Å². The van der Waals surface area contributed by atoms with Crippen molar-refractivity contribution >= 4 is 27.9 Å². The Bertz CT molecular complexity index is 810. The van der Waals surface area contributed by atoms with E-state index >= 15 is 0 Å². The molecule has 0 radical (unpaired) electrons. The van der Waals surface area contributed by atoms with Crippen LogP contribution in [-0.4, -0.2) is 16.0 Å². The molecule has 128 valence electrons. The highest BCUT2D eigenvalue weighted by Crippen LogP contribution is 2.21. The molecule has 0 saturated heterocycles. The molecule has 25 heavy (non-hydrogen) atoms. The lowest BCUT2D eigenvalue weighted by Crippen LogP contribution is -2.29. The number of phenolic OH excluding ortho intramolecular Hbond substituents is 1. The quantitative estimate of drug-likeness (QED) is 0.434. The molecule has 0 aliphatic heterocycles. The lowest BCUT2D eigenvalue weighted by Gasteiger charge is -2.18. The summed E-state index contributed by atoms with van der Waals surface area (Å²) in [7, 11) is 0. The fourth-order valence-electron chi connectivity index (χ4n) is 2.35. The van der Waals surface area contributed by atoms with Crippen molar-refractivity contribution in [3.63, 3.8) is 0 Å². The van der Waals surface area contributed by atoms with Gasteiger partial charge in [0.1, 0.15) is 22.0 Å². The fourth-order valence-corrected chi connectivity index (χ4v) is 2.71. The first kappa shape index (κ1) is 18.7. The fraction of sp³-hybridized carbons (Fsp3) is 0.211. The van der Waals surface area contributed by atoms with Gasteiger partial charge in [0.15, 0.2) is 0 Å². The summed E-state index contributed by atoms with van der Waals surface area (Å²) in [5.41, 5.74) is 1.40. The van der Waals surface area contributed by atoms with Crippen LogP contribution in [0.25, 0.3) is 6.08 Å². The van der Waals surface area contributed by atoms with E-state index < -0.39 is 5.91 Å². The highest BCUT2D eigenvalue weighted by atomic mass is 79.9. The number of hydrogen-bond donors (Lipinski definition) is 2. The number of nitriles is 1. The number of benzene rings is 1. The zero-order valence-corrected chi connectivity index (χ0v) is 15.3. The number of rotatable bonds is 6. The largest absolute Gasteiger partial charge is 0.508 e. The molecule has 0 aliphatic carbocycles. The van der Waals surface area contributed by atoms with E-state index in [1.54, 1.807) is 42.5 Å². The van der Waals surface area contributed by atoms with Gasteiger partial charge in [-0.1, -0.05) is 31.5 Å². The maximum atomic E-state index is 12.5. The molecule has 2 N–H and O–H groups in total. The smallest absolute Gasteiger partial charge is 0.262 e. The molecule has 1 atom stereocenters. The minimum absolute atomic E-state index is 0.00881. The number of halogens is 1. The zero-order chi connectivity index (χ0) is 18.2. The van der Waals surface area contributed by atoms with Crippen molar-refractivity contribution < 1.29 is 9.90 Å². The molecule has 1 amide bonds.